The average Bonchev–Trinajstić information content (AvgIpc) is 3.24. The molecular weight excluding hydrogens is 438 g/mol. The van der Waals surface area contributed by atoms with E-state index in [1.807, 2.05) is 0 Å². The summed E-state index contributed by atoms with van der Waals surface area (Å²) < 4.78 is 63.4. The molecule has 0 saturated carbocycles. The average molecular weight is 457 g/mol. The normalized spacial score (nSPS) is 11.8. The molecule has 0 atom stereocenters. The lowest BCUT2D eigenvalue weighted by Crippen LogP contribution is -2.26. The Morgan fingerprint density at radius 2 is 1.97 bits per heavy atom. The van der Waals surface area contributed by atoms with Crippen molar-refractivity contribution in [1.29, 1.82) is 0 Å². The van der Waals surface area contributed by atoms with Crippen molar-refractivity contribution in [3.8, 4) is 11.8 Å². The maximum Gasteiger partial charge on any atom is 0.257 e. The molecule has 0 fully saturated rings. The zero-order valence-corrected chi connectivity index (χ0v) is 18.0. The first kappa shape index (κ1) is 22.5. The molecule has 0 bridgehead atoms. The summed E-state index contributed by atoms with van der Waals surface area (Å²) in [4.78, 5) is 5.33. The highest BCUT2D eigenvalue weighted by Gasteiger charge is 2.23. The second kappa shape index (κ2) is 8.67. The number of hydrogen-bond donors (Lipinski definition) is 0. The number of nitrogens with zero attached hydrogens (tertiary/aromatic N) is 5. The molecule has 170 valence electrons. The van der Waals surface area contributed by atoms with Gasteiger partial charge in [0.1, 0.15) is 29.4 Å². The summed E-state index contributed by atoms with van der Waals surface area (Å²) in [6, 6.07) is 7.95. The number of methoxy groups -OCH3 is 1. The third kappa shape index (κ3) is 4.59. The van der Waals surface area contributed by atoms with Crippen LogP contribution in [-0.4, -0.2) is 45.3 Å². The van der Waals surface area contributed by atoms with E-state index in [0.717, 1.165) is 11.0 Å². The minimum Gasteiger partial charge on any atom is -0.366 e. The molecule has 0 aliphatic carbocycles. The topological polar surface area (TPSA) is 55.5 Å². The second-order valence-electron chi connectivity index (χ2n) is 7.73. The molecule has 33 heavy (non-hydrogen) atoms. The Hall–Kier alpha value is -3.71. The van der Waals surface area contributed by atoms with Crippen LogP contribution >= 0.6 is 0 Å². The summed E-state index contributed by atoms with van der Waals surface area (Å²) in [6.07, 6.45) is -1.48. The van der Waals surface area contributed by atoms with E-state index >= 15 is 0 Å². The summed E-state index contributed by atoms with van der Waals surface area (Å²) in [5.74, 6) is 4.23. The molecule has 2 aromatic carbocycles. The summed E-state index contributed by atoms with van der Waals surface area (Å²) in [5, 5.41) is 7.62. The lowest BCUT2D eigenvalue weighted by Gasteiger charge is -2.25. The van der Waals surface area contributed by atoms with Crippen LogP contribution < -0.4 is 4.90 Å². The maximum absolute atomic E-state index is 14.9. The zero-order valence-electron chi connectivity index (χ0n) is 18.0. The van der Waals surface area contributed by atoms with Crippen LogP contribution in [0.15, 0.2) is 42.7 Å². The lowest BCUT2D eigenvalue weighted by atomic mass is 10.1. The standard InChI is InChI=1S/C23H19F4N5O/c1-23(2,33-3)8-7-14-9-15(24)11-16(10-14)31(12-19(26)27)21-20-17(25)5-4-6-18(20)32-13-28-30-22(32)29-21/h4-6,9-11,13,19H,12H2,1-3H3. The molecule has 0 spiro atoms. The van der Waals surface area contributed by atoms with Crippen molar-refractivity contribution < 1.29 is 22.3 Å². The molecule has 0 unspecified atom stereocenters. The molecule has 0 radical (unpaired) electrons. The molecule has 0 saturated heterocycles. The molecule has 6 nitrogen and oxygen atoms in total. The van der Waals surface area contributed by atoms with E-state index in [1.165, 1.54) is 42.1 Å². The van der Waals surface area contributed by atoms with Gasteiger partial charge in [0.15, 0.2) is 0 Å². The molecule has 4 aromatic rings. The highest BCUT2D eigenvalue weighted by Crippen LogP contribution is 2.34. The van der Waals surface area contributed by atoms with Crippen LogP contribution in [0.25, 0.3) is 16.7 Å². The Morgan fingerprint density at radius 1 is 1.18 bits per heavy atom. The highest BCUT2D eigenvalue weighted by atomic mass is 19.3. The Labute approximate surface area is 186 Å². The Balaban J connectivity index is 1.95. The van der Waals surface area contributed by atoms with Gasteiger partial charge in [0, 0.05) is 18.4 Å². The third-order valence-corrected chi connectivity index (χ3v) is 5.00. The zero-order chi connectivity index (χ0) is 23.8. The van der Waals surface area contributed by atoms with Crippen LogP contribution in [0.1, 0.15) is 19.4 Å². The molecule has 0 amide bonds. The summed E-state index contributed by atoms with van der Waals surface area (Å²) in [5.41, 5.74) is -0.189. The van der Waals surface area contributed by atoms with Crippen molar-refractivity contribution in [2.45, 2.75) is 25.9 Å². The van der Waals surface area contributed by atoms with Gasteiger partial charge in [-0.15, -0.1) is 10.2 Å². The predicted molar refractivity (Wildman–Crippen MR) is 116 cm³/mol. The molecule has 2 aromatic heterocycles. The summed E-state index contributed by atoms with van der Waals surface area (Å²) in [7, 11) is 1.49. The summed E-state index contributed by atoms with van der Waals surface area (Å²) in [6.45, 7) is 2.60. The van der Waals surface area contributed by atoms with Crippen LogP contribution in [0.3, 0.4) is 0 Å². The maximum atomic E-state index is 14.9. The Morgan fingerprint density at radius 3 is 2.70 bits per heavy atom. The van der Waals surface area contributed by atoms with E-state index < -0.39 is 30.2 Å². The monoisotopic (exact) mass is 457 g/mol. The van der Waals surface area contributed by atoms with Crippen LogP contribution in [0.4, 0.5) is 29.1 Å². The number of fused-ring (bicyclic) bond motifs is 3. The van der Waals surface area contributed by atoms with Crippen molar-refractivity contribution in [1.82, 2.24) is 19.6 Å². The van der Waals surface area contributed by atoms with Crippen molar-refractivity contribution in [3.05, 3.63) is 59.9 Å². The van der Waals surface area contributed by atoms with E-state index in [1.54, 1.807) is 19.9 Å². The van der Waals surface area contributed by atoms with E-state index in [-0.39, 0.29) is 28.2 Å². The quantitative estimate of drug-likeness (QED) is 0.320. The molecular formula is C23H19F4N5O. The number of alkyl halides is 2. The fourth-order valence-corrected chi connectivity index (χ4v) is 3.28. The van der Waals surface area contributed by atoms with Gasteiger partial charge in [0.2, 0.25) is 0 Å². The first-order valence-corrected chi connectivity index (χ1v) is 9.91. The fourth-order valence-electron chi connectivity index (χ4n) is 3.28. The first-order chi connectivity index (χ1) is 15.7. The number of rotatable bonds is 5. The van der Waals surface area contributed by atoms with Crippen LogP contribution in [-0.2, 0) is 4.74 Å². The van der Waals surface area contributed by atoms with Crippen molar-refractivity contribution in [3.63, 3.8) is 0 Å². The Kier molecular flexibility index (Phi) is 5.91. The molecule has 10 heteroatoms. The van der Waals surface area contributed by atoms with Crippen molar-refractivity contribution >= 4 is 28.2 Å². The molecule has 2 heterocycles. The van der Waals surface area contributed by atoms with Crippen molar-refractivity contribution in [2.75, 3.05) is 18.6 Å². The first-order valence-electron chi connectivity index (χ1n) is 9.91. The van der Waals surface area contributed by atoms with Gasteiger partial charge in [0.05, 0.1) is 17.4 Å². The SMILES string of the molecule is COC(C)(C)C#Cc1cc(F)cc(N(CC(F)F)c2nc3nncn3c3cccc(F)c23)c1. The number of ether oxygens (including phenoxy) is 1. The van der Waals surface area contributed by atoms with Gasteiger partial charge in [-0.25, -0.2) is 17.6 Å². The minimum atomic E-state index is -2.83. The number of anilines is 2. The number of halogens is 4. The van der Waals surface area contributed by atoms with Crippen LogP contribution in [0.2, 0.25) is 0 Å². The van der Waals surface area contributed by atoms with E-state index in [9.17, 15) is 17.6 Å². The number of hydrogen-bond acceptors (Lipinski definition) is 5. The Bertz CT molecular complexity index is 1390. The third-order valence-electron chi connectivity index (χ3n) is 5.00. The fraction of sp³-hybridized carbons (Fsp3) is 0.261. The van der Waals surface area contributed by atoms with Gasteiger partial charge in [0.25, 0.3) is 12.2 Å². The molecule has 4 rings (SSSR count). The van der Waals surface area contributed by atoms with Gasteiger partial charge in [-0.05, 0) is 44.2 Å². The van der Waals surface area contributed by atoms with Crippen LogP contribution in [0, 0.1) is 23.5 Å². The molecule has 0 N–H and O–H groups in total. The van der Waals surface area contributed by atoms with Gasteiger partial charge >= 0.3 is 0 Å². The van der Waals surface area contributed by atoms with Crippen molar-refractivity contribution in [2.24, 2.45) is 0 Å². The highest BCUT2D eigenvalue weighted by molar-refractivity contribution is 5.94. The van der Waals surface area contributed by atoms with Crippen LogP contribution in [0.5, 0.6) is 0 Å². The lowest BCUT2D eigenvalue weighted by molar-refractivity contribution is 0.0741. The van der Waals surface area contributed by atoms with E-state index in [0.29, 0.717) is 5.52 Å². The smallest absolute Gasteiger partial charge is 0.257 e. The number of benzene rings is 2. The van der Waals surface area contributed by atoms with Gasteiger partial charge in [-0.2, -0.15) is 4.98 Å². The van der Waals surface area contributed by atoms with E-state index in [4.69, 9.17) is 4.74 Å². The predicted octanol–water partition coefficient (Wildman–Crippen LogP) is 4.74. The largest absolute Gasteiger partial charge is 0.366 e. The van der Waals surface area contributed by atoms with E-state index in [2.05, 4.69) is 27.0 Å². The van der Waals surface area contributed by atoms with Gasteiger partial charge in [-0.1, -0.05) is 17.9 Å². The molecule has 0 aliphatic rings. The van der Waals surface area contributed by atoms with Gasteiger partial charge < -0.3 is 9.64 Å². The van der Waals surface area contributed by atoms with Gasteiger partial charge in [-0.3, -0.25) is 4.40 Å². The minimum absolute atomic E-state index is 0.0251. The summed E-state index contributed by atoms with van der Waals surface area (Å²) >= 11 is 0. The number of aromatic nitrogens is 4. The molecule has 0 aliphatic heterocycles. The second-order valence-corrected chi connectivity index (χ2v) is 7.73.